The Hall–Kier alpha value is -1.73. The van der Waals surface area contributed by atoms with Crippen LogP contribution >= 0.6 is 11.3 Å². The molecule has 1 aliphatic rings. The number of thiazole rings is 1. The fourth-order valence-corrected chi connectivity index (χ4v) is 3.45. The smallest absolute Gasteiger partial charge is 0.308 e. The Labute approximate surface area is 119 Å². The number of fused-ring (bicyclic) bond motifs is 1. The van der Waals surface area contributed by atoms with E-state index < -0.39 is 5.97 Å². The van der Waals surface area contributed by atoms with Gasteiger partial charge in [0, 0.05) is 37.3 Å². The maximum absolute atomic E-state index is 11.9. The van der Waals surface area contributed by atoms with Gasteiger partial charge in [-0.15, -0.1) is 11.3 Å². The average Bonchev–Trinajstić information content (AvgIpc) is 2.96. The van der Waals surface area contributed by atoms with E-state index >= 15 is 0 Å². The summed E-state index contributed by atoms with van der Waals surface area (Å²) in [4.78, 5) is 30.2. The molecule has 0 saturated carbocycles. The van der Waals surface area contributed by atoms with E-state index in [0.717, 1.165) is 6.54 Å². The number of aliphatic carboxylic acids is 1. The van der Waals surface area contributed by atoms with Gasteiger partial charge in [0.15, 0.2) is 4.96 Å². The van der Waals surface area contributed by atoms with Crippen LogP contribution < -0.4 is 5.56 Å². The third-order valence-corrected chi connectivity index (χ3v) is 4.50. The van der Waals surface area contributed by atoms with Crippen LogP contribution in [0.5, 0.6) is 0 Å². The Morgan fingerprint density at radius 2 is 2.35 bits per heavy atom. The number of nitrogens with zero attached hydrogens (tertiary/aromatic N) is 3. The zero-order valence-electron chi connectivity index (χ0n) is 11.0. The lowest BCUT2D eigenvalue weighted by molar-refractivity contribution is -0.142. The maximum Gasteiger partial charge on any atom is 0.308 e. The highest BCUT2D eigenvalue weighted by molar-refractivity contribution is 7.15. The SMILES string of the molecule is CC1CN(Cc2cc(=O)n3ccsc3n2)CC1C(=O)O. The Morgan fingerprint density at radius 3 is 3.05 bits per heavy atom. The molecule has 0 bridgehead atoms. The van der Waals surface area contributed by atoms with Gasteiger partial charge in [0.25, 0.3) is 5.56 Å². The minimum Gasteiger partial charge on any atom is -0.481 e. The summed E-state index contributed by atoms with van der Waals surface area (Å²) < 4.78 is 1.51. The molecule has 7 heteroatoms. The van der Waals surface area contributed by atoms with Crippen molar-refractivity contribution in [1.29, 1.82) is 0 Å². The lowest BCUT2D eigenvalue weighted by Crippen LogP contribution is -2.24. The van der Waals surface area contributed by atoms with E-state index in [1.165, 1.54) is 21.8 Å². The van der Waals surface area contributed by atoms with Crippen molar-refractivity contribution in [2.24, 2.45) is 11.8 Å². The van der Waals surface area contributed by atoms with Crippen LogP contribution in [0.15, 0.2) is 22.4 Å². The summed E-state index contributed by atoms with van der Waals surface area (Å²) in [6.07, 6.45) is 1.71. The van der Waals surface area contributed by atoms with Gasteiger partial charge < -0.3 is 5.11 Å². The van der Waals surface area contributed by atoms with E-state index in [1.54, 1.807) is 6.20 Å². The van der Waals surface area contributed by atoms with Gasteiger partial charge in [0.05, 0.1) is 11.6 Å². The second kappa shape index (κ2) is 4.99. The van der Waals surface area contributed by atoms with Crippen LogP contribution in [0.1, 0.15) is 12.6 Å². The molecule has 0 radical (unpaired) electrons. The molecule has 0 amide bonds. The summed E-state index contributed by atoms with van der Waals surface area (Å²) in [7, 11) is 0. The van der Waals surface area contributed by atoms with Crippen LogP contribution in [0.3, 0.4) is 0 Å². The molecular weight excluding hydrogens is 278 g/mol. The van der Waals surface area contributed by atoms with Crippen molar-refractivity contribution in [1.82, 2.24) is 14.3 Å². The predicted octanol–water partition coefficient (Wildman–Crippen LogP) is 0.909. The van der Waals surface area contributed by atoms with Crippen molar-refractivity contribution < 1.29 is 9.90 Å². The van der Waals surface area contributed by atoms with Gasteiger partial charge in [-0.1, -0.05) is 6.92 Å². The highest BCUT2D eigenvalue weighted by atomic mass is 32.1. The van der Waals surface area contributed by atoms with Gasteiger partial charge in [-0.2, -0.15) is 0 Å². The Morgan fingerprint density at radius 1 is 1.55 bits per heavy atom. The molecule has 2 aromatic rings. The number of rotatable bonds is 3. The molecule has 1 aliphatic heterocycles. The van der Waals surface area contributed by atoms with Gasteiger partial charge >= 0.3 is 5.97 Å². The monoisotopic (exact) mass is 293 g/mol. The molecule has 20 heavy (non-hydrogen) atoms. The second-order valence-corrected chi connectivity index (χ2v) is 6.13. The fraction of sp³-hybridized carbons (Fsp3) is 0.462. The van der Waals surface area contributed by atoms with Crippen molar-refractivity contribution in [3.8, 4) is 0 Å². The number of carboxylic acid groups (broad SMARTS) is 1. The molecule has 6 nitrogen and oxygen atoms in total. The first kappa shape index (κ1) is 13.3. The third kappa shape index (κ3) is 2.34. The molecule has 106 valence electrons. The number of likely N-dealkylation sites (tertiary alicyclic amines) is 1. The van der Waals surface area contributed by atoms with Crippen molar-refractivity contribution >= 4 is 22.3 Å². The van der Waals surface area contributed by atoms with E-state index in [2.05, 4.69) is 9.88 Å². The zero-order valence-corrected chi connectivity index (χ0v) is 11.8. The number of carboxylic acids is 1. The summed E-state index contributed by atoms with van der Waals surface area (Å²) in [6.45, 7) is 3.71. The fourth-order valence-electron chi connectivity index (χ4n) is 2.72. The third-order valence-electron chi connectivity index (χ3n) is 3.75. The van der Waals surface area contributed by atoms with E-state index in [0.29, 0.717) is 23.7 Å². The standard InChI is InChI=1S/C13H15N3O3S/c1-8-5-15(7-10(8)12(18)19)6-9-4-11(17)16-2-3-20-13(16)14-9/h2-4,8,10H,5-7H2,1H3,(H,18,19). The molecule has 0 aliphatic carbocycles. The van der Waals surface area contributed by atoms with Crippen molar-refractivity contribution in [2.45, 2.75) is 13.5 Å². The topological polar surface area (TPSA) is 74.9 Å². The van der Waals surface area contributed by atoms with Crippen molar-refractivity contribution in [2.75, 3.05) is 13.1 Å². The second-order valence-electron chi connectivity index (χ2n) is 5.26. The Bertz CT molecular complexity index is 708. The lowest BCUT2D eigenvalue weighted by atomic mass is 9.99. The summed E-state index contributed by atoms with van der Waals surface area (Å²) in [6, 6.07) is 1.53. The van der Waals surface area contributed by atoms with E-state index in [1.807, 2.05) is 12.3 Å². The van der Waals surface area contributed by atoms with E-state index in [4.69, 9.17) is 5.11 Å². The van der Waals surface area contributed by atoms with E-state index in [9.17, 15) is 9.59 Å². The number of aromatic nitrogens is 2. The predicted molar refractivity (Wildman–Crippen MR) is 74.9 cm³/mol. The molecule has 2 aromatic heterocycles. The van der Waals surface area contributed by atoms with Crippen LogP contribution in [0.4, 0.5) is 0 Å². The molecule has 3 rings (SSSR count). The first-order chi connectivity index (χ1) is 9.54. The molecule has 0 aromatic carbocycles. The molecule has 0 spiro atoms. The molecule has 1 saturated heterocycles. The van der Waals surface area contributed by atoms with E-state index in [-0.39, 0.29) is 17.4 Å². The molecular formula is C13H15N3O3S. The molecule has 1 N–H and O–H groups in total. The summed E-state index contributed by atoms with van der Waals surface area (Å²) in [5.74, 6) is -0.956. The average molecular weight is 293 g/mol. The highest BCUT2D eigenvalue weighted by Gasteiger charge is 2.34. The van der Waals surface area contributed by atoms with Crippen LogP contribution in [-0.4, -0.2) is 38.4 Å². The van der Waals surface area contributed by atoms with Gasteiger partial charge in [0.2, 0.25) is 0 Å². The van der Waals surface area contributed by atoms with Gasteiger partial charge in [0.1, 0.15) is 0 Å². The van der Waals surface area contributed by atoms with Gasteiger partial charge in [-0.3, -0.25) is 18.9 Å². The van der Waals surface area contributed by atoms with Crippen molar-refractivity contribution in [3.05, 3.63) is 33.7 Å². The first-order valence-corrected chi connectivity index (χ1v) is 7.33. The summed E-state index contributed by atoms with van der Waals surface area (Å²) >= 11 is 1.42. The zero-order chi connectivity index (χ0) is 14.3. The maximum atomic E-state index is 11.9. The Balaban J connectivity index is 1.80. The van der Waals surface area contributed by atoms with Crippen LogP contribution in [-0.2, 0) is 11.3 Å². The highest BCUT2D eigenvalue weighted by Crippen LogP contribution is 2.24. The Kier molecular flexibility index (Phi) is 3.31. The number of hydrogen-bond acceptors (Lipinski definition) is 5. The molecule has 2 atom stereocenters. The van der Waals surface area contributed by atoms with Gasteiger partial charge in [-0.25, -0.2) is 4.98 Å². The van der Waals surface area contributed by atoms with Crippen molar-refractivity contribution in [3.63, 3.8) is 0 Å². The lowest BCUT2D eigenvalue weighted by Gasteiger charge is -2.14. The quantitative estimate of drug-likeness (QED) is 0.910. The molecule has 2 unspecified atom stereocenters. The minimum absolute atomic E-state index is 0.0896. The number of carbonyl (C=O) groups is 1. The molecule has 3 heterocycles. The largest absolute Gasteiger partial charge is 0.481 e. The van der Waals surface area contributed by atoms with Crippen LogP contribution in [0.25, 0.3) is 4.96 Å². The van der Waals surface area contributed by atoms with Crippen LogP contribution in [0.2, 0.25) is 0 Å². The first-order valence-electron chi connectivity index (χ1n) is 6.45. The normalized spacial score (nSPS) is 23.4. The number of hydrogen-bond donors (Lipinski definition) is 1. The summed E-state index contributed by atoms with van der Waals surface area (Å²) in [5.41, 5.74) is 0.615. The summed E-state index contributed by atoms with van der Waals surface area (Å²) in [5, 5.41) is 11.0. The van der Waals surface area contributed by atoms with Crippen LogP contribution in [0, 0.1) is 11.8 Å². The minimum atomic E-state index is -0.748. The molecule has 1 fully saturated rings. The van der Waals surface area contributed by atoms with Gasteiger partial charge in [-0.05, 0) is 5.92 Å².